The molecule has 1 atom stereocenters. The Balaban J connectivity index is 1.89. The summed E-state index contributed by atoms with van der Waals surface area (Å²) in [5.41, 5.74) is 0. The highest BCUT2D eigenvalue weighted by Gasteiger charge is 2.29. The number of nitrogens with one attached hydrogen (secondary N) is 2. The number of alkyl halides is 3. The molecular weight excluding hydrogens is 327 g/mol. The van der Waals surface area contributed by atoms with Crippen molar-refractivity contribution >= 4 is 11.9 Å². The summed E-state index contributed by atoms with van der Waals surface area (Å²) in [6.45, 7) is -0.904. The number of nitrogens with zero attached hydrogens (tertiary/aromatic N) is 1. The third-order valence-electron chi connectivity index (χ3n) is 3.78. The first-order valence-corrected chi connectivity index (χ1v) is 7.77. The molecule has 1 aliphatic heterocycles. The number of imide groups is 1. The van der Waals surface area contributed by atoms with Crippen LogP contribution in [0.4, 0.5) is 18.0 Å². The minimum absolute atomic E-state index is 0.0773. The van der Waals surface area contributed by atoms with Gasteiger partial charge in [0, 0.05) is 0 Å². The number of likely N-dealkylation sites (tertiary alicyclic amines) is 1. The Labute approximate surface area is 137 Å². The van der Waals surface area contributed by atoms with E-state index in [1.807, 2.05) is 16.3 Å². The second kappa shape index (κ2) is 8.18. The van der Waals surface area contributed by atoms with Crippen LogP contribution in [-0.2, 0) is 4.79 Å². The zero-order valence-corrected chi connectivity index (χ0v) is 13.1. The molecule has 1 aromatic rings. The zero-order valence-electron chi connectivity index (χ0n) is 13.1. The average molecular weight is 347 g/mol. The fourth-order valence-electron chi connectivity index (χ4n) is 2.74. The number of rotatable bonds is 4. The van der Waals surface area contributed by atoms with Gasteiger partial charge in [0.1, 0.15) is 12.3 Å². The number of hydrogen-bond donors (Lipinski definition) is 2. The normalized spacial score (nSPS) is 19.5. The maximum Gasteiger partial charge on any atom is 0.405 e. The molecule has 2 rings (SSSR count). The minimum atomic E-state index is -4.52. The van der Waals surface area contributed by atoms with Crippen LogP contribution < -0.4 is 10.6 Å². The van der Waals surface area contributed by atoms with E-state index in [-0.39, 0.29) is 12.6 Å². The standard InChI is InChI=1S/C15H20F3N3O3/c16-15(17,18)10-19-14(23)20-13(22)9-21-7-3-1-2-5-11(21)12-6-4-8-24-12/h4,6,8,11H,1-3,5,7,9-10H2,(H2,19,20,22,23). The predicted octanol–water partition coefficient (Wildman–Crippen LogP) is 2.58. The van der Waals surface area contributed by atoms with Crippen molar-refractivity contribution in [3.8, 4) is 0 Å². The highest BCUT2D eigenvalue weighted by molar-refractivity contribution is 5.95. The molecule has 0 aromatic carbocycles. The molecule has 0 aliphatic carbocycles. The first-order valence-electron chi connectivity index (χ1n) is 7.77. The third-order valence-corrected chi connectivity index (χ3v) is 3.78. The van der Waals surface area contributed by atoms with Gasteiger partial charge in [-0.15, -0.1) is 0 Å². The van der Waals surface area contributed by atoms with E-state index in [0.717, 1.165) is 31.4 Å². The monoisotopic (exact) mass is 347 g/mol. The molecule has 1 aliphatic rings. The summed E-state index contributed by atoms with van der Waals surface area (Å²) in [7, 11) is 0. The molecule has 1 unspecified atom stereocenters. The van der Waals surface area contributed by atoms with Crippen LogP contribution in [0.15, 0.2) is 22.8 Å². The number of carbonyl (C=O) groups excluding carboxylic acids is 2. The second-order valence-corrected chi connectivity index (χ2v) is 5.70. The Morgan fingerprint density at radius 2 is 2.08 bits per heavy atom. The average Bonchev–Trinajstić information content (AvgIpc) is 2.92. The lowest BCUT2D eigenvalue weighted by atomic mass is 10.1. The highest BCUT2D eigenvalue weighted by Crippen LogP contribution is 2.29. The van der Waals surface area contributed by atoms with Crippen molar-refractivity contribution in [1.29, 1.82) is 0 Å². The molecule has 0 bridgehead atoms. The molecule has 1 aromatic heterocycles. The summed E-state index contributed by atoms with van der Waals surface area (Å²) in [5, 5.41) is 3.53. The van der Waals surface area contributed by atoms with Crippen LogP contribution in [0.5, 0.6) is 0 Å². The van der Waals surface area contributed by atoms with Crippen LogP contribution in [0.3, 0.4) is 0 Å². The maximum absolute atomic E-state index is 12.0. The number of amides is 3. The fourth-order valence-corrected chi connectivity index (χ4v) is 2.74. The van der Waals surface area contributed by atoms with E-state index in [0.29, 0.717) is 6.54 Å². The largest absolute Gasteiger partial charge is 0.468 e. The first kappa shape index (κ1) is 18.3. The molecule has 6 nitrogen and oxygen atoms in total. The van der Waals surface area contributed by atoms with Crippen LogP contribution in [0.1, 0.15) is 37.5 Å². The fraction of sp³-hybridized carbons (Fsp3) is 0.600. The lowest BCUT2D eigenvalue weighted by Crippen LogP contribution is -2.47. The van der Waals surface area contributed by atoms with Crippen molar-refractivity contribution < 1.29 is 27.2 Å². The van der Waals surface area contributed by atoms with Gasteiger partial charge in [-0.2, -0.15) is 13.2 Å². The topological polar surface area (TPSA) is 74.6 Å². The van der Waals surface area contributed by atoms with Crippen molar-refractivity contribution in [2.45, 2.75) is 37.9 Å². The Morgan fingerprint density at radius 3 is 2.75 bits per heavy atom. The van der Waals surface area contributed by atoms with Gasteiger partial charge >= 0.3 is 12.2 Å². The van der Waals surface area contributed by atoms with Crippen LogP contribution in [0.2, 0.25) is 0 Å². The summed E-state index contributed by atoms with van der Waals surface area (Å²) in [5.74, 6) is 0.0966. The van der Waals surface area contributed by atoms with Gasteiger partial charge in [0.15, 0.2) is 0 Å². The molecule has 24 heavy (non-hydrogen) atoms. The van der Waals surface area contributed by atoms with Crippen LogP contribution in [-0.4, -0.2) is 42.6 Å². The Bertz CT molecular complexity index is 546. The predicted molar refractivity (Wildman–Crippen MR) is 79.1 cm³/mol. The van der Waals surface area contributed by atoms with Crippen molar-refractivity contribution in [2.75, 3.05) is 19.6 Å². The first-order chi connectivity index (χ1) is 11.3. The van der Waals surface area contributed by atoms with E-state index in [1.54, 1.807) is 17.6 Å². The molecule has 0 spiro atoms. The van der Waals surface area contributed by atoms with Gasteiger partial charge < -0.3 is 9.73 Å². The lowest BCUT2D eigenvalue weighted by molar-refractivity contribution is -0.125. The second-order valence-electron chi connectivity index (χ2n) is 5.70. The molecule has 9 heteroatoms. The van der Waals surface area contributed by atoms with E-state index in [1.165, 1.54) is 0 Å². The molecule has 0 saturated carbocycles. The van der Waals surface area contributed by atoms with Crippen molar-refractivity contribution in [3.63, 3.8) is 0 Å². The van der Waals surface area contributed by atoms with Crippen LogP contribution >= 0.6 is 0 Å². The van der Waals surface area contributed by atoms with Gasteiger partial charge in [0.25, 0.3) is 0 Å². The summed E-state index contributed by atoms with van der Waals surface area (Å²) in [4.78, 5) is 25.2. The molecule has 3 amide bonds. The molecule has 2 heterocycles. The molecule has 1 fully saturated rings. The number of halogens is 3. The summed E-state index contributed by atoms with van der Waals surface area (Å²) in [6.07, 6.45) is 0.793. The number of carbonyl (C=O) groups is 2. The maximum atomic E-state index is 12.0. The summed E-state index contributed by atoms with van der Waals surface area (Å²) in [6, 6.07) is 2.37. The van der Waals surface area contributed by atoms with Crippen molar-refractivity contribution in [1.82, 2.24) is 15.5 Å². The highest BCUT2D eigenvalue weighted by atomic mass is 19.4. The number of furan rings is 1. The van der Waals surface area contributed by atoms with Gasteiger partial charge in [0.05, 0.1) is 18.8 Å². The molecule has 0 radical (unpaired) electrons. The SMILES string of the molecule is O=C(CN1CCCCCC1c1ccco1)NC(=O)NCC(F)(F)F. The zero-order chi connectivity index (χ0) is 17.6. The Morgan fingerprint density at radius 1 is 1.29 bits per heavy atom. The van der Waals surface area contributed by atoms with Gasteiger partial charge in [-0.1, -0.05) is 12.8 Å². The van der Waals surface area contributed by atoms with Crippen molar-refractivity contribution in [2.24, 2.45) is 0 Å². The smallest absolute Gasteiger partial charge is 0.405 e. The summed E-state index contributed by atoms with van der Waals surface area (Å²) >= 11 is 0. The van der Waals surface area contributed by atoms with Crippen LogP contribution in [0, 0.1) is 0 Å². The number of hydrogen-bond acceptors (Lipinski definition) is 4. The van der Waals surface area contributed by atoms with Gasteiger partial charge in [0.2, 0.25) is 5.91 Å². The third kappa shape index (κ3) is 5.88. The van der Waals surface area contributed by atoms with Crippen molar-refractivity contribution in [3.05, 3.63) is 24.2 Å². The van der Waals surface area contributed by atoms with Gasteiger partial charge in [-0.05, 0) is 31.5 Å². The number of urea groups is 1. The van der Waals surface area contributed by atoms with E-state index in [9.17, 15) is 22.8 Å². The van der Waals surface area contributed by atoms with E-state index >= 15 is 0 Å². The minimum Gasteiger partial charge on any atom is -0.468 e. The molecule has 134 valence electrons. The van der Waals surface area contributed by atoms with E-state index in [2.05, 4.69) is 0 Å². The molecule has 2 N–H and O–H groups in total. The van der Waals surface area contributed by atoms with E-state index < -0.39 is 24.7 Å². The molecule has 1 saturated heterocycles. The Hall–Kier alpha value is -2.03. The lowest BCUT2D eigenvalue weighted by Gasteiger charge is -2.27. The summed E-state index contributed by atoms with van der Waals surface area (Å²) < 4.78 is 41.5. The molecular formula is C15H20F3N3O3. The van der Waals surface area contributed by atoms with E-state index in [4.69, 9.17) is 4.42 Å². The quantitative estimate of drug-likeness (QED) is 0.878. The van der Waals surface area contributed by atoms with Crippen LogP contribution in [0.25, 0.3) is 0 Å². The van der Waals surface area contributed by atoms with Gasteiger partial charge in [-0.25, -0.2) is 4.79 Å². The Kier molecular flexibility index (Phi) is 6.24. The van der Waals surface area contributed by atoms with Gasteiger partial charge in [-0.3, -0.25) is 15.0 Å².